The molecule has 2 aromatic rings. The molecule has 0 unspecified atom stereocenters. The normalized spacial score (nSPS) is 10.8. The van der Waals surface area contributed by atoms with Gasteiger partial charge in [0.15, 0.2) is 6.61 Å². The van der Waals surface area contributed by atoms with E-state index in [0.29, 0.717) is 11.6 Å². The average molecular weight is 327 g/mol. The lowest BCUT2D eigenvalue weighted by molar-refractivity contribution is -0.119. The second-order valence-electron chi connectivity index (χ2n) is 5.19. The van der Waals surface area contributed by atoms with Gasteiger partial charge in [0.25, 0.3) is 11.8 Å². The van der Waals surface area contributed by atoms with Crippen molar-refractivity contribution in [1.29, 1.82) is 5.26 Å². The van der Waals surface area contributed by atoms with Crippen LogP contribution >= 0.6 is 0 Å². The Morgan fingerprint density at radius 2 is 2.21 bits per heavy atom. The van der Waals surface area contributed by atoms with Crippen molar-refractivity contribution in [2.24, 2.45) is 10.8 Å². The Morgan fingerprint density at radius 1 is 1.50 bits per heavy atom. The van der Waals surface area contributed by atoms with E-state index in [4.69, 9.17) is 20.1 Å². The number of carbonyl (C=O) groups is 1. The summed E-state index contributed by atoms with van der Waals surface area (Å²) < 4.78 is 10.6. The van der Waals surface area contributed by atoms with Crippen LogP contribution in [0.4, 0.5) is 5.88 Å². The van der Waals surface area contributed by atoms with Gasteiger partial charge in [-0.2, -0.15) is 10.4 Å². The maximum Gasteiger partial charge on any atom is 0.255 e. The first-order valence-electron chi connectivity index (χ1n) is 7.20. The van der Waals surface area contributed by atoms with Crippen LogP contribution in [0.15, 0.2) is 33.8 Å². The van der Waals surface area contributed by atoms with Gasteiger partial charge in [0, 0.05) is 5.92 Å². The zero-order valence-corrected chi connectivity index (χ0v) is 13.3. The SMILES string of the molecule is CC(C)c1nc(C#N)c(NN=Cc2ccc(OCC(N)=O)cc2)o1. The summed E-state index contributed by atoms with van der Waals surface area (Å²) in [6.45, 7) is 3.67. The van der Waals surface area contributed by atoms with E-state index in [9.17, 15) is 4.79 Å². The molecule has 0 fully saturated rings. The molecule has 8 heteroatoms. The highest BCUT2D eigenvalue weighted by molar-refractivity contribution is 5.80. The van der Waals surface area contributed by atoms with E-state index in [1.54, 1.807) is 30.5 Å². The number of nitriles is 1. The highest BCUT2D eigenvalue weighted by Gasteiger charge is 2.14. The summed E-state index contributed by atoms with van der Waals surface area (Å²) in [6, 6.07) is 8.85. The Hall–Kier alpha value is -3.34. The molecule has 1 aromatic carbocycles. The molecule has 124 valence electrons. The fourth-order valence-corrected chi connectivity index (χ4v) is 1.71. The van der Waals surface area contributed by atoms with Gasteiger partial charge in [-0.1, -0.05) is 13.8 Å². The molecule has 24 heavy (non-hydrogen) atoms. The van der Waals surface area contributed by atoms with Gasteiger partial charge >= 0.3 is 0 Å². The van der Waals surface area contributed by atoms with Crippen molar-refractivity contribution >= 4 is 18.0 Å². The van der Waals surface area contributed by atoms with Gasteiger partial charge in [-0.15, -0.1) is 0 Å². The minimum atomic E-state index is -0.536. The number of amides is 1. The van der Waals surface area contributed by atoms with Crippen molar-refractivity contribution in [3.05, 3.63) is 41.4 Å². The Balaban J connectivity index is 1.99. The van der Waals surface area contributed by atoms with Gasteiger partial charge in [0.2, 0.25) is 11.6 Å². The van der Waals surface area contributed by atoms with Gasteiger partial charge in [-0.3, -0.25) is 4.79 Å². The summed E-state index contributed by atoms with van der Waals surface area (Å²) >= 11 is 0. The van der Waals surface area contributed by atoms with Gasteiger partial charge in [-0.05, 0) is 29.8 Å². The largest absolute Gasteiger partial charge is 0.484 e. The number of nitrogens with zero attached hydrogens (tertiary/aromatic N) is 3. The van der Waals surface area contributed by atoms with Crippen LogP contribution in [0.3, 0.4) is 0 Å². The molecule has 0 radical (unpaired) electrons. The second-order valence-corrected chi connectivity index (χ2v) is 5.19. The highest BCUT2D eigenvalue weighted by atomic mass is 16.5. The van der Waals surface area contributed by atoms with Crippen molar-refractivity contribution in [1.82, 2.24) is 4.98 Å². The smallest absolute Gasteiger partial charge is 0.255 e. The number of primary amides is 1. The van der Waals surface area contributed by atoms with Crippen molar-refractivity contribution in [2.75, 3.05) is 12.0 Å². The van der Waals surface area contributed by atoms with Crippen LogP contribution in [0.25, 0.3) is 0 Å². The maximum absolute atomic E-state index is 10.6. The molecule has 0 spiro atoms. The number of nitrogens with two attached hydrogens (primary N) is 1. The topological polar surface area (TPSA) is 127 Å². The third-order valence-corrected chi connectivity index (χ3v) is 2.88. The first-order chi connectivity index (χ1) is 11.5. The summed E-state index contributed by atoms with van der Waals surface area (Å²) in [6.07, 6.45) is 1.55. The summed E-state index contributed by atoms with van der Waals surface area (Å²) in [7, 11) is 0. The number of anilines is 1. The lowest BCUT2D eigenvalue weighted by Crippen LogP contribution is -2.19. The molecule has 8 nitrogen and oxygen atoms in total. The van der Waals surface area contributed by atoms with Crippen LogP contribution in [-0.4, -0.2) is 23.7 Å². The summed E-state index contributed by atoms with van der Waals surface area (Å²) in [5.41, 5.74) is 8.62. The molecule has 0 saturated carbocycles. The van der Waals surface area contributed by atoms with E-state index in [-0.39, 0.29) is 24.1 Å². The molecule has 0 aliphatic heterocycles. The van der Waals surface area contributed by atoms with Gasteiger partial charge in [-0.25, -0.2) is 10.4 Å². The first kappa shape index (κ1) is 17.0. The Kier molecular flexibility index (Phi) is 5.52. The number of carbonyl (C=O) groups excluding carboxylic acids is 1. The third kappa shape index (κ3) is 4.58. The van der Waals surface area contributed by atoms with Crippen LogP contribution < -0.4 is 15.9 Å². The summed E-state index contributed by atoms with van der Waals surface area (Å²) in [5.74, 6) is 0.747. The molecule has 3 N–H and O–H groups in total. The minimum absolute atomic E-state index is 0.0737. The lowest BCUT2D eigenvalue weighted by atomic mass is 10.2. The predicted molar refractivity (Wildman–Crippen MR) is 87.7 cm³/mol. The monoisotopic (exact) mass is 327 g/mol. The van der Waals surface area contributed by atoms with Crippen molar-refractivity contribution in [3.63, 3.8) is 0 Å². The number of hydrazone groups is 1. The molecule has 1 heterocycles. The fourth-order valence-electron chi connectivity index (χ4n) is 1.71. The predicted octanol–water partition coefficient (Wildman–Crippen LogP) is 1.98. The third-order valence-electron chi connectivity index (χ3n) is 2.88. The zero-order chi connectivity index (χ0) is 17.5. The van der Waals surface area contributed by atoms with Gasteiger partial charge in [0.05, 0.1) is 6.21 Å². The second kappa shape index (κ2) is 7.78. The summed E-state index contributed by atoms with van der Waals surface area (Å²) in [4.78, 5) is 14.7. The van der Waals surface area contributed by atoms with Crippen LogP contribution in [0.5, 0.6) is 5.75 Å². The van der Waals surface area contributed by atoms with E-state index in [0.717, 1.165) is 5.56 Å². The molecule has 0 saturated heterocycles. The minimum Gasteiger partial charge on any atom is -0.484 e. The molecule has 0 bridgehead atoms. The molecule has 1 aromatic heterocycles. The van der Waals surface area contributed by atoms with Crippen molar-refractivity contribution in [2.45, 2.75) is 19.8 Å². The fraction of sp³-hybridized carbons (Fsp3) is 0.250. The van der Waals surface area contributed by atoms with Crippen molar-refractivity contribution in [3.8, 4) is 11.8 Å². The molecule has 0 atom stereocenters. The van der Waals surface area contributed by atoms with Gasteiger partial charge < -0.3 is 14.9 Å². The number of hydrogen-bond acceptors (Lipinski definition) is 7. The Labute approximate surface area is 138 Å². The number of aromatic nitrogens is 1. The standard InChI is InChI=1S/C16H17N5O3/c1-10(2)15-20-13(7-17)16(24-15)21-19-8-11-3-5-12(6-4-11)23-9-14(18)22/h3-6,8,10,21H,9H2,1-2H3,(H2,18,22). The molecule has 0 aliphatic carbocycles. The number of rotatable bonds is 7. The van der Waals surface area contributed by atoms with Crippen LogP contribution in [-0.2, 0) is 4.79 Å². The molecule has 0 aliphatic rings. The van der Waals surface area contributed by atoms with E-state index in [1.165, 1.54) is 0 Å². The molecular formula is C16H17N5O3. The number of ether oxygens (including phenoxy) is 1. The quantitative estimate of drug-likeness (QED) is 0.591. The number of hydrogen-bond donors (Lipinski definition) is 2. The van der Waals surface area contributed by atoms with E-state index in [1.807, 2.05) is 19.9 Å². The average Bonchev–Trinajstić information content (AvgIpc) is 2.97. The zero-order valence-electron chi connectivity index (χ0n) is 13.3. The Bertz CT molecular complexity index is 772. The van der Waals surface area contributed by atoms with E-state index >= 15 is 0 Å². The van der Waals surface area contributed by atoms with E-state index in [2.05, 4.69) is 15.5 Å². The molecule has 2 rings (SSSR count). The van der Waals surface area contributed by atoms with Crippen LogP contribution in [0.2, 0.25) is 0 Å². The van der Waals surface area contributed by atoms with Crippen molar-refractivity contribution < 1.29 is 13.9 Å². The van der Waals surface area contributed by atoms with E-state index < -0.39 is 5.91 Å². The Morgan fingerprint density at radius 3 is 2.79 bits per heavy atom. The van der Waals surface area contributed by atoms with Gasteiger partial charge in [0.1, 0.15) is 11.8 Å². The van der Waals surface area contributed by atoms with Crippen LogP contribution in [0.1, 0.15) is 36.9 Å². The maximum atomic E-state index is 10.6. The van der Waals surface area contributed by atoms with Crippen LogP contribution in [0, 0.1) is 11.3 Å². The highest BCUT2D eigenvalue weighted by Crippen LogP contribution is 2.22. The first-order valence-corrected chi connectivity index (χ1v) is 7.20. The summed E-state index contributed by atoms with van der Waals surface area (Å²) in [5, 5.41) is 13.1. The lowest BCUT2D eigenvalue weighted by Gasteiger charge is -2.03. The number of nitrogens with one attached hydrogen (secondary N) is 1. The number of benzene rings is 1. The molecule has 1 amide bonds. The molecular weight excluding hydrogens is 310 g/mol. The number of oxazole rings is 1.